The molecule has 0 amide bonds. The fourth-order valence-electron chi connectivity index (χ4n) is 3.08. The normalized spacial score (nSPS) is 19.7. The van der Waals surface area contributed by atoms with Gasteiger partial charge in [0.1, 0.15) is 0 Å². The first kappa shape index (κ1) is 13.9. The van der Waals surface area contributed by atoms with Crippen molar-refractivity contribution >= 4 is 6.21 Å². The highest BCUT2D eigenvalue weighted by molar-refractivity contribution is 5.92. The van der Waals surface area contributed by atoms with Crippen molar-refractivity contribution < 1.29 is 0 Å². The Morgan fingerprint density at radius 2 is 1.81 bits per heavy atom. The van der Waals surface area contributed by atoms with Crippen molar-refractivity contribution in [3.63, 3.8) is 0 Å². The van der Waals surface area contributed by atoms with Gasteiger partial charge >= 0.3 is 0 Å². The predicted molar refractivity (Wildman–Crippen MR) is 88.2 cm³/mol. The molecule has 0 fully saturated rings. The molecule has 0 bridgehead atoms. The van der Waals surface area contributed by atoms with E-state index in [2.05, 4.69) is 71.0 Å². The molecule has 3 rings (SSSR count). The van der Waals surface area contributed by atoms with Gasteiger partial charge in [-0.15, -0.1) is 0 Å². The Morgan fingerprint density at radius 1 is 1.10 bits per heavy atom. The molecule has 1 unspecified atom stereocenters. The van der Waals surface area contributed by atoms with E-state index in [0.29, 0.717) is 0 Å². The lowest BCUT2D eigenvalue weighted by molar-refractivity contribution is 0.589. The molecule has 0 spiro atoms. The van der Waals surface area contributed by atoms with Crippen molar-refractivity contribution in [3.8, 4) is 11.1 Å². The lowest BCUT2D eigenvalue weighted by Gasteiger charge is -2.24. The molecule has 0 aliphatic heterocycles. The van der Waals surface area contributed by atoms with Crippen molar-refractivity contribution in [2.45, 2.75) is 45.4 Å². The SMILES string of the molecule is Cc1ccc2c(c1)C(C)(C=N)c1cc(C(C)(C)C)c#cc1-2. The van der Waals surface area contributed by atoms with E-state index in [-0.39, 0.29) is 10.8 Å². The molecule has 1 heteroatoms. The molecule has 0 saturated heterocycles. The van der Waals surface area contributed by atoms with E-state index in [9.17, 15) is 0 Å². The van der Waals surface area contributed by atoms with Gasteiger partial charge in [-0.1, -0.05) is 56.7 Å². The van der Waals surface area contributed by atoms with Crippen LogP contribution in [0.2, 0.25) is 0 Å². The molecule has 1 atom stereocenters. The van der Waals surface area contributed by atoms with Crippen LogP contribution in [0.1, 0.15) is 49.9 Å². The molecule has 1 N–H and O–H groups in total. The van der Waals surface area contributed by atoms with E-state index in [1.807, 2.05) is 0 Å². The molecular weight excluding hydrogens is 254 g/mol. The quantitative estimate of drug-likeness (QED) is 0.721. The summed E-state index contributed by atoms with van der Waals surface area (Å²) in [5.41, 5.74) is 6.75. The molecule has 0 aromatic heterocycles. The Morgan fingerprint density at radius 3 is 2.43 bits per heavy atom. The summed E-state index contributed by atoms with van der Waals surface area (Å²) in [7, 11) is 0. The highest BCUT2D eigenvalue weighted by Crippen LogP contribution is 2.48. The van der Waals surface area contributed by atoms with E-state index < -0.39 is 0 Å². The summed E-state index contributed by atoms with van der Waals surface area (Å²) in [6, 6.07) is 15.4. The van der Waals surface area contributed by atoms with E-state index in [0.717, 1.165) is 11.1 Å². The lowest BCUT2D eigenvalue weighted by atomic mass is 9.78. The van der Waals surface area contributed by atoms with Gasteiger partial charge in [-0.2, -0.15) is 0 Å². The Kier molecular flexibility index (Phi) is 2.79. The molecule has 1 aliphatic rings. The van der Waals surface area contributed by atoms with Crippen LogP contribution in [0.25, 0.3) is 11.1 Å². The maximum absolute atomic E-state index is 8.01. The molecule has 21 heavy (non-hydrogen) atoms. The first-order valence-corrected chi connectivity index (χ1v) is 7.39. The number of benzene rings is 1. The van der Waals surface area contributed by atoms with Crippen LogP contribution in [0.15, 0.2) is 24.3 Å². The fraction of sp³-hybridized carbons (Fsp3) is 0.350. The van der Waals surface area contributed by atoms with E-state index in [1.54, 1.807) is 6.21 Å². The summed E-state index contributed by atoms with van der Waals surface area (Å²) >= 11 is 0. The summed E-state index contributed by atoms with van der Waals surface area (Å²) in [6.07, 6.45) is 1.57. The van der Waals surface area contributed by atoms with Gasteiger partial charge in [0.25, 0.3) is 0 Å². The molecule has 0 heterocycles. The molecule has 2 aromatic rings. The van der Waals surface area contributed by atoms with E-state index in [4.69, 9.17) is 5.41 Å². The van der Waals surface area contributed by atoms with Crippen molar-refractivity contribution in [1.82, 2.24) is 0 Å². The second-order valence-corrected chi connectivity index (χ2v) is 7.24. The molecular formula is C20H21N. The fourth-order valence-corrected chi connectivity index (χ4v) is 3.08. The van der Waals surface area contributed by atoms with Crippen LogP contribution < -0.4 is 0 Å². The zero-order chi connectivity index (χ0) is 15.4. The second-order valence-electron chi connectivity index (χ2n) is 7.24. The zero-order valence-corrected chi connectivity index (χ0v) is 13.4. The first-order valence-electron chi connectivity index (χ1n) is 7.39. The van der Waals surface area contributed by atoms with Crippen molar-refractivity contribution in [2.24, 2.45) is 0 Å². The Hall–Kier alpha value is -2.07. The molecule has 1 aliphatic carbocycles. The molecule has 2 aromatic carbocycles. The minimum atomic E-state index is -0.359. The number of rotatable bonds is 1. The van der Waals surface area contributed by atoms with Gasteiger partial charge in [0.05, 0.1) is 5.41 Å². The standard InChI is InChI=1S/C20H21N/c1-13-6-8-15-16-9-7-14(19(2,3)4)11-18(16)20(5,12-21)17(15)10-13/h6,8,10-12,21H,1-5H3. The summed E-state index contributed by atoms with van der Waals surface area (Å²) in [5.74, 6) is 0. The summed E-state index contributed by atoms with van der Waals surface area (Å²) in [6.45, 7) is 10.8. The number of hydrogen-bond donors (Lipinski definition) is 1. The van der Waals surface area contributed by atoms with E-state index in [1.165, 1.54) is 22.3 Å². The van der Waals surface area contributed by atoms with Gasteiger partial charge in [0.2, 0.25) is 0 Å². The average molecular weight is 275 g/mol. The van der Waals surface area contributed by atoms with Crippen LogP contribution in [-0.4, -0.2) is 6.21 Å². The second kappa shape index (κ2) is 4.21. The monoisotopic (exact) mass is 275 g/mol. The summed E-state index contributed by atoms with van der Waals surface area (Å²) in [5, 5.41) is 8.01. The minimum Gasteiger partial charge on any atom is -0.312 e. The van der Waals surface area contributed by atoms with Gasteiger partial charge in [-0.05, 0) is 42.0 Å². The largest absolute Gasteiger partial charge is 0.312 e. The van der Waals surface area contributed by atoms with Crippen LogP contribution >= 0.6 is 0 Å². The molecule has 1 nitrogen and oxygen atoms in total. The highest BCUT2D eigenvalue weighted by Gasteiger charge is 2.38. The molecule has 0 saturated carbocycles. The van der Waals surface area contributed by atoms with Gasteiger partial charge in [-0.3, -0.25) is 0 Å². The Labute approximate surface area is 127 Å². The van der Waals surface area contributed by atoms with Crippen LogP contribution in [0, 0.1) is 24.5 Å². The average Bonchev–Trinajstić information content (AvgIpc) is 2.68. The maximum Gasteiger partial charge on any atom is 0.0538 e. The van der Waals surface area contributed by atoms with Crippen LogP contribution in [0.4, 0.5) is 0 Å². The predicted octanol–water partition coefficient (Wildman–Crippen LogP) is 4.83. The lowest BCUT2D eigenvalue weighted by Crippen LogP contribution is -2.23. The smallest absolute Gasteiger partial charge is 0.0538 e. The third-order valence-electron chi connectivity index (χ3n) is 4.54. The molecule has 106 valence electrons. The number of aryl methyl sites for hydroxylation is 1. The Balaban J connectivity index is 2.32. The highest BCUT2D eigenvalue weighted by atomic mass is 14.5. The summed E-state index contributed by atoms with van der Waals surface area (Å²) in [4.78, 5) is 0. The van der Waals surface area contributed by atoms with Crippen molar-refractivity contribution in [1.29, 1.82) is 5.41 Å². The third-order valence-corrected chi connectivity index (χ3v) is 4.54. The summed E-state index contributed by atoms with van der Waals surface area (Å²) < 4.78 is 0. The van der Waals surface area contributed by atoms with Crippen molar-refractivity contribution in [3.05, 3.63) is 58.7 Å². The topological polar surface area (TPSA) is 23.9 Å². The number of hydrogen-bond acceptors (Lipinski definition) is 1. The molecule has 0 radical (unpaired) electrons. The number of fused-ring (bicyclic) bond motifs is 3. The Bertz CT molecular complexity index is 734. The van der Waals surface area contributed by atoms with Crippen molar-refractivity contribution in [2.75, 3.05) is 0 Å². The minimum absolute atomic E-state index is 0.0408. The van der Waals surface area contributed by atoms with Gasteiger partial charge < -0.3 is 5.41 Å². The van der Waals surface area contributed by atoms with Gasteiger partial charge in [0, 0.05) is 17.3 Å². The third kappa shape index (κ3) is 1.90. The van der Waals surface area contributed by atoms with E-state index >= 15 is 0 Å². The first-order chi connectivity index (χ1) is 9.77. The zero-order valence-electron chi connectivity index (χ0n) is 13.4. The number of nitrogens with one attached hydrogen (secondary N) is 1. The van der Waals surface area contributed by atoms with Gasteiger partial charge in [-0.25, -0.2) is 0 Å². The van der Waals surface area contributed by atoms with Crippen LogP contribution in [-0.2, 0) is 10.8 Å². The van der Waals surface area contributed by atoms with Crippen LogP contribution in [0.5, 0.6) is 0 Å². The van der Waals surface area contributed by atoms with Crippen LogP contribution in [0.3, 0.4) is 0 Å². The maximum atomic E-state index is 8.01. The van der Waals surface area contributed by atoms with Gasteiger partial charge in [0.15, 0.2) is 0 Å².